The number of rotatable bonds is 6. The van der Waals surface area contributed by atoms with Crippen molar-refractivity contribution in [3.8, 4) is 0 Å². The minimum absolute atomic E-state index is 0.0205. The van der Waals surface area contributed by atoms with Crippen LogP contribution in [-0.4, -0.2) is 22.2 Å². The van der Waals surface area contributed by atoms with Gasteiger partial charge < -0.3 is 10.2 Å². The van der Waals surface area contributed by atoms with E-state index >= 15 is 0 Å². The maximum Gasteiger partial charge on any atom is 0.336 e. The van der Waals surface area contributed by atoms with Gasteiger partial charge in [-0.3, -0.25) is 0 Å². The molecule has 0 radical (unpaired) electrons. The monoisotopic (exact) mass is 424 g/mol. The summed E-state index contributed by atoms with van der Waals surface area (Å²) in [6, 6.07) is 20.1. The highest BCUT2D eigenvalue weighted by molar-refractivity contribution is 9.10. The van der Waals surface area contributed by atoms with Gasteiger partial charge in [0.2, 0.25) is 0 Å². The Morgan fingerprint density at radius 2 is 1.19 bits per heavy atom. The Balaban J connectivity index is 2.07. The van der Waals surface area contributed by atoms with E-state index in [1.54, 1.807) is 6.07 Å². The van der Waals surface area contributed by atoms with Gasteiger partial charge in [0.1, 0.15) is 0 Å². The topological polar surface area (TPSA) is 74.6 Å². The minimum atomic E-state index is -1.13. The summed E-state index contributed by atoms with van der Waals surface area (Å²) in [5.74, 6) is -2.26. The zero-order valence-corrected chi connectivity index (χ0v) is 15.9. The molecule has 3 aromatic rings. The number of carboxylic acid groups (broad SMARTS) is 2. The Hall–Kier alpha value is -2.92. The first-order chi connectivity index (χ1) is 12.9. The molecule has 0 spiro atoms. The number of benzene rings is 3. The molecule has 0 saturated heterocycles. The Labute approximate surface area is 165 Å². The normalized spacial score (nSPS) is 10.6. The van der Waals surface area contributed by atoms with E-state index in [4.69, 9.17) is 0 Å². The molecule has 27 heavy (non-hydrogen) atoms. The van der Waals surface area contributed by atoms with Gasteiger partial charge in [0.15, 0.2) is 0 Å². The Morgan fingerprint density at radius 1 is 0.704 bits per heavy atom. The van der Waals surface area contributed by atoms with Crippen molar-refractivity contribution in [2.45, 2.75) is 12.8 Å². The van der Waals surface area contributed by atoms with Gasteiger partial charge in [-0.2, -0.15) is 0 Å². The van der Waals surface area contributed by atoms with Crippen LogP contribution in [0.5, 0.6) is 0 Å². The van der Waals surface area contributed by atoms with Crippen LogP contribution < -0.4 is 0 Å². The van der Waals surface area contributed by atoms with Crippen LogP contribution in [0, 0.1) is 0 Å². The van der Waals surface area contributed by atoms with Crippen molar-refractivity contribution >= 4 is 27.9 Å². The Kier molecular flexibility index (Phi) is 5.72. The average Bonchev–Trinajstić information content (AvgIpc) is 2.64. The molecule has 4 nitrogen and oxygen atoms in total. The second-order valence-corrected chi connectivity index (χ2v) is 7.16. The van der Waals surface area contributed by atoms with Crippen molar-refractivity contribution in [2.24, 2.45) is 0 Å². The molecule has 0 fully saturated rings. The SMILES string of the molecule is O=C(O)c1cc(C(=O)O)c(Cc2ccc(Br)cc2)cc1Cc1ccccc1. The third-order valence-electron chi connectivity index (χ3n) is 4.34. The fraction of sp³-hybridized carbons (Fsp3) is 0.0909. The van der Waals surface area contributed by atoms with Crippen molar-refractivity contribution < 1.29 is 19.8 Å². The molecule has 0 aliphatic rings. The molecule has 0 amide bonds. The molecule has 2 N–H and O–H groups in total. The minimum Gasteiger partial charge on any atom is -0.478 e. The molecule has 0 unspecified atom stereocenters. The van der Waals surface area contributed by atoms with Crippen LogP contribution in [0.4, 0.5) is 0 Å². The maximum absolute atomic E-state index is 11.7. The van der Waals surface area contributed by atoms with Crippen LogP contribution in [0.25, 0.3) is 0 Å². The van der Waals surface area contributed by atoms with Gasteiger partial charge in [0, 0.05) is 4.47 Å². The summed E-state index contributed by atoms with van der Waals surface area (Å²) < 4.78 is 0.940. The third-order valence-corrected chi connectivity index (χ3v) is 4.86. The summed E-state index contributed by atoms with van der Waals surface area (Å²) in [5, 5.41) is 19.1. The second kappa shape index (κ2) is 8.18. The number of carbonyl (C=O) groups is 2. The van der Waals surface area contributed by atoms with E-state index in [9.17, 15) is 19.8 Å². The largest absolute Gasteiger partial charge is 0.478 e. The van der Waals surface area contributed by atoms with Crippen LogP contribution in [0.2, 0.25) is 0 Å². The molecule has 0 aliphatic heterocycles. The summed E-state index contributed by atoms with van der Waals surface area (Å²) in [5.41, 5.74) is 3.17. The fourth-order valence-electron chi connectivity index (χ4n) is 3.02. The summed E-state index contributed by atoms with van der Waals surface area (Å²) in [4.78, 5) is 23.4. The van der Waals surface area contributed by atoms with Gasteiger partial charge >= 0.3 is 11.9 Å². The molecule has 0 atom stereocenters. The molecule has 0 aromatic heterocycles. The lowest BCUT2D eigenvalue weighted by Crippen LogP contribution is -2.11. The first-order valence-electron chi connectivity index (χ1n) is 8.35. The molecule has 3 aromatic carbocycles. The van der Waals surface area contributed by atoms with Crippen molar-refractivity contribution in [3.05, 3.63) is 105 Å². The summed E-state index contributed by atoms with van der Waals surface area (Å²) in [6.45, 7) is 0. The van der Waals surface area contributed by atoms with Crippen molar-refractivity contribution in [1.82, 2.24) is 0 Å². The summed E-state index contributed by atoms with van der Waals surface area (Å²) in [7, 11) is 0. The molecule has 136 valence electrons. The molecule has 5 heteroatoms. The first kappa shape index (κ1) is 18.9. The van der Waals surface area contributed by atoms with Crippen LogP contribution in [0.3, 0.4) is 0 Å². The van der Waals surface area contributed by atoms with Crippen LogP contribution in [0.1, 0.15) is 43.0 Å². The van der Waals surface area contributed by atoms with E-state index in [2.05, 4.69) is 15.9 Å². The van der Waals surface area contributed by atoms with E-state index in [1.807, 2.05) is 54.6 Å². The number of hydrogen-bond acceptors (Lipinski definition) is 2. The zero-order valence-electron chi connectivity index (χ0n) is 14.4. The van der Waals surface area contributed by atoms with E-state index in [0.717, 1.165) is 15.6 Å². The number of carboxylic acids is 2. The van der Waals surface area contributed by atoms with E-state index in [0.29, 0.717) is 24.0 Å². The molecule has 0 aliphatic carbocycles. The van der Waals surface area contributed by atoms with Crippen molar-refractivity contribution in [1.29, 1.82) is 0 Å². The second-order valence-electron chi connectivity index (χ2n) is 6.24. The predicted octanol–water partition coefficient (Wildman–Crippen LogP) is 5.03. The van der Waals surface area contributed by atoms with Crippen LogP contribution in [0.15, 0.2) is 71.2 Å². The van der Waals surface area contributed by atoms with Crippen molar-refractivity contribution in [2.75, 3.05) is 0 Å². The smallest absolute Gasteiger partial charge is 0.336 e. The van der Waals surface area contributed by atoms with E-state index in [1.165, 1.54) is 6.07 Å². The van der Waals surface area contributed by atoms with Gasteiger partial charge in [-0.05, 0) is 53.3 Å². The lowest BCUT2D eigenvalue weighted by molar-refractivity contribution is 0.0695. The number of halogens is 1. The number of aromatic carboxylic acids is 2. The highest BCUT2D eigenvalue weighted by atomic mass is 79.9. The van der Waals surface area contributed by atoms with Gasteiger partial charge in [-0.1, -0.05) is 64.5 Å². The van der Waals surface area contributed by atoms with E-state index < -0.39 is 11.9 Å². The highest BCUT2D eigenvalue weighted by Crippen LogP contribution is 2.24. The average molecular weight is 425 g/mol. The molecular formula is C22H17BrO4. The lowest BCUT2D eigenvalue weighted by atomic mass is 9.91. The first-order valence-corrected chi connectivity index (χ1v) is 9.14. The van der Waals surface area contributed by atoms with Gasteiger partial charge in [-0.25, -0.2) is 9.59 Å². The number of hydrogen-bond donors (Lipinski definition) is 2. The summed E-state index contributed by atoms with van der Waals surface area (Å²) >= 11 is 3.38. The predicted molar refractivity (Wildman–Crippen MR) is 107 cm³/mol. The fourth-order valence-corrected chi connectivity index (χ4v) is 3.29. The Morgan fingerprint density at radius 3 is 1.67 bits per heavy atom. The van der Waals surface area contributed by atoms with E-state index in [-0.39, 0.29) is 11.1 Å². The summed E-state index contributed by atoms with van der Waals surface area (Å²) in [6.07, 6.45) is 0.840. The molecular weight excluding hydrogens is 408 g/mol. The maximum atomic E-state index is 11.7. The van der Waals surface area contributed by atoms with Gasteiger partial charge in [0.05, 0.1) is 11.1 Å². The molecule has 0 heterocycles. The zero-order chi connectivity index (χ0) is 19.4. The third kappa shape index (κ3) is 4.63. The quantitative estimate of drug-likeness (QED) is 0.581. The van der Waals surface area contributed by atoms with Gasteiger partial charge in [-0.15, -0.1) is 0 Å². The highest BCUT2D eigenvalue weighted by Gasteiger charge is 2.19. The molecule has 3 rings (SSSR count). The Bertz CT molecular complexity index is 979. The molecule has 0 bridgehead atoms. The molecule has 0 saturated carbocycles. The van der Waals surface area contributed by atoms with Gasteiger partial charge in [0.25, 0.3) is 0 Å². The van der Waals surface area contributed by atoms with Crippen LogP contribution in [-0.2, 0) is 12.8 Å². The lowest BCUT2D eigenvalue weighted by Gasteiger charge is -2.13. The standard InChI is InChI=1S/C22H17BrO4/c23-18-8-6-15(7-9-18)11-17-12-16(10-14-4-2-1-3-5-14)19(21(24)25)13-20(17)22(26)27/h1-9,12-13H,10-11H2,(H,24,25)(H,26,27). The van der Waals surface area contributed by atoms with Crippen molar-refractivity contribution in [3.63, 3.8) is 0 Å². The van der Waals surface area contributed by atoms with Crippen LogP contribution >= 0.6 is 15.9 Å².